The summed E-state index contributed by atoms with van der Waals surface area (Å²) in [6.07, 6.45) is 0. The molecule has 1 heterocycles. The van der Waals surface area contributed by atoms with Crippen LogP contribution >= 0.6 is 0 Å². The Bertz CT molecular complexity index is 170. The lowest BCUT2D eigenvalue weighted by molar-refractivity contribution is 0.0717. The quantitative estimate of drug-likeness (QED) is 0.541. The fraction of sp³-hybridized carbons (Fsp3) is 1.00. The van der Waals surface area contributed by atoms with Crippen molar-refractivity contribution < 1.29 is 8.76 Å². The average Bonchev–Trinajstić information content (AvgIpc) is 1.51. The Morgan fingerprint density at radius 3 is 2.18 bits per heavy atom. The topological polar surface area (TPSA) is 43.4 Å². The van der Waals surface area contributed by atoms with Crippen LogP contribution in [0, 0.1) is 0 Å². The Hall–Kier alpha value is 0.0700. The Morgan fingerprint density at radius 1 is 1.45 bits per heavy atom. The van der Waals surface area contributed by atoms with Gasteiger partial charge in [0.2, 0.25) is 0 Å². The van der Waals surface area contributed by atoms with E-state index in [9.17, 15) is 8.76 Å². The Labute approximate surface area is 70.1 Å². The Morgan fingerprint density at radius 2 is 1.91 bits per heavy atom. The summed E-state index contributed by atoms with van der Waals surface area (Å²) in [6.45, 7) is 7.67. The van der Waals surface area contributed by atoms with Crippen molar-refractivity contribution in [2.45, 2.75) is 31.6 Å². The summed E-state index contributed by atoms with van der Waals surface area (Å²) < 4.78 is 20.9. The lowest BCUT2D eigenvalue weighted by Crippen LogP contribution is -2.60. The van der Waals surface area contributed by atoms with E-state index in [4.69, 9.17) is 0 Å². The van der Waals surface area contributed by atoms with Crippen LogP contribution in [-0.4, -0.2) is 37.5 Å². The molecule has 0 aromatic heterocycles. The van der Waals surface area contributed by atoms with Crippen LogP contribution in [0.15, 0.2) is 0 Å². The van der Waals surface area contributed by atoms with Gasteiger partial charge in [0.05, 0.1) is 0 Å². The van der Waals surface area contributed by atoms with Gasteiger partial charge in [-0.1, -0.05) is 0 Å². The summed E-state index contributed by atoms with van der Waals surface area (Å²) in [7, 11) is 0. The fourth-order valence-electron chi connectivity index (χ4n) is 1.11. The normalized spacial score (nSPS) is 24.7. The SMILES string of the molecule is CC(C)(C)N1CC(S(=O)[O-])C1. The second kappa shape index (κ2) is 2.84. The van der Waals surface area contributed by atoms with E-state index in [-0.39, 0.29) is 10.8 Å². The van der Waals surface area contributed by atoms with E-state index in [1.165, 1.54) is 0 Å². The molecule has 66 valence electrons. The van der Waals surface area contributed by atoms with Crippen molar-refractivity contribution in [1.82, 2.24) is 4.90 Å². The zero-order valence-electron chi connectivity index (χ0n) is 7.16. The standard InChI is InChI=1S/C7H15NO2S/c1-7(2,3)8-4-6(5-8)11(9)10/h6H,4-5H2,1-3H3,(H,9,10)/p-1. The van der Waals surface area contributed by atoms with Crippen molar-refractivity contribution in [3.05, 3.63) is 0 Å². The lowest BCUT2D eigenvalue weighted by atomic mass is 10.0. The highest BCUT2D eigenvalue weighted by atomic mass is 32.2. The van der Waals surface area contributed by atoms with Crippen LogP contribution in [-0.2, 0) is 11.1 Å². The molecular formula is C7H14NO2S-. The first-order valence-corrected chi connectivity index (χ1v) is 4.88. The van der Waals surface area contributed by atoms with Crippen LogP contribution in [0.2, 0.25) is 0 Å². The molecule has 1 fully saturated rings. The summed E-state index contributed by atoms with van der Waals surface area (Å²) in [5.74, 6) is 0. The number of likely N-dealkylation sites (tertiary alicyclic amines) is 1. The molecule has 0 aliphatic carbocycles. The zero-order valence-corrected chi connectivity index (χ0v) is 7.98. The number of rotatable bonds is 1. The van der Waals surface area contributed by atoms with E-state index in [2.05, 4.69) is 25.7 Å². The molecule has 1 saturated heterocycles. The molecule has 0 saturated carbocycles. The summed E-state index contributed by atoms with van der Waals surface area (Å²) in [4.78, 5) is 2.16. The van der Waals surface area contributed by atoms with Crippen molar-refractivity contribution in [3.63, 3.8) is 0 Å². The maximum absolute atomic E-state index is 10.4. The van der Waals surface area contributed by atoms with E-state index in [1.807, 2.05) is 0 Å². The minimum absolute atomic E-state index is 0.121. The van der Waals surface area contributed by atoms with Crippen LogP contribution in [0.25, 0.3) is 0 Å². The fourth-order valence-corrected chi connectivity index (χ4v) is 1.71. The van der Waals surface area contributed by atoms with Crippen molar-refractivity contribution in [2.75, 3.05) is 13.1 Å². The smallest absolute Gasteiger partial charge is 0.0470 e. The highest BCUT2D eigenvalue weighted by Crippen LogP contribution is 2.22. The molecule has 4 heteroatoms. The van der Waals surface area contributed by atoms with E-state index in [0.29, 0.717) is 13.1 Å². The van der Waals surface area contributed by atoms with Gasteiger partial charge in [0, 0.05) is 23.9 Å². The molecule has 1 aliphatic rings. The minimum Gasteiger partial charge on any atom is -0.772 e. The van der Waals surface area contributed by atoms with Crippen LogP contribution < -0.4 is 0 Å². The molecule has 0 amide bonds. The molecule has 1 atom stereocenters. The first-order valence-electron chi connectivity index (χ1n) is 3.74. The first-order chi connectivity index (χ1) is 4.91. The van der Waals surface area contributed by atoms with Crippen molar-refractivity contribution in [2.24, 2.45) is 0 Å². The molecular weight excluding hydrogens is 162 g/mol. The summed E-state index contributed by atoms with van der Waals surface area (Å²) in [6, 6.07) is 0. The van der Waals surface area contributed by atoms with Gasteiger partial charge in [0.1, 0.15) is 0 Å². The monoisotopic (exact) mass is 176 g/mol. The molecule has 0 aromatic carbocycles. The van der Waals surface area contributed by atoms with Crippen molar-refractivity contribution in [3.8, 4) is 0 Å². The van der Waals surface area contributed by atoms with Crippen LogP contribution in [0.4, 0.5) is 0 Å². The third kappa shape index (κ3) is 2.01. The molecule has 0 bridgehead atoms. The van der Waals surface area contributed by atoms with Gasteiger partial charge in [0.15, 0.2) is 0 Å². The minimum atomic E-state index is -1.87. The maximum Gasteiger partial charge on any atom is 0.0470 e. The van der Waals surface area contributed by atoms with Crippen LogP contribution in [0.1, 0.15) is 20.8 Å². The number of hydrogen-bond donors (Lipinski definition) is 0. The van der Waals surface area contributed by atoms with Crippen molar-refractivity contribution >= 4 is 11.1 Å². The average molecular weight is 176 g/mol. The van der Waals surface area contributed by atoms with E-state index in [0.717, 1.165) is 0 Å². The second-order valence-electron chi connectivity index (χ2n) is 3.96. The third-order valence-corrected chi connectivity index (χ3v) is 2.91. The molecule has 0 radical (unpaired) electrons. The van der Waals surface area contributed by atoms with Gasteiger partial charge in [0.25, 0.3) is 0 Å². The molecule has 11 heavy (non-hydrogen) atoms. The third-order valence-electron chi connectivity index (χ3n) is 2.07. The molecule has 0 spiro atoms. The van der Waals surface area contributed by atoms with Crippen LogP contribution in [0.3, 0.4) is 0 Å². The Balaban J connectivity index is 2.35. The molecule has 0 aromatic rings. The largest absolute Gasteiger partial charge is 0.772 e. The van der Waals surface area contributed by atoms with E-state index in [1.54, 1.807) is 0 Å². The summed E-state index contributed by atoms with van der Waals surface area (Å²) in [5.41, 5.74) is 0.121. The molecule has 1 aliphatic heterocycles. The molecule has 1 rings (SSSR count). The molecule has 1 unspecified atom stereocenters. The second-order valence-corrected chi connectivity index (χ2v) is 5.15. The van der Waals surface area contributed by atoms with Gasteiger partial charge in [-0.2, -0.15) is 0 Å². The zero-order chi connectivity index (χ0) is 8.65. The predicted octanol–water partition coefficient (Wildman–Crippen LogP) is 0.348. The van der Waals surface area contributed by atoms with Gasteiger partial charge >= 0.3 is 0 Å². The number of hydrogen-bond acceptors (Lipinski definition) is 3. The van der Waals surface area contributed by atoms with Gasteiger partial charge < -0.3 is 4.55 Å². The highest BCUT2D eigenvalue weighted by Gasteiger charge is 2.34. The summed E-state index contributed by atoms with van der Waals surface area (Å²) in [5, 5.41) is -0.130. The summed E-state index contributed by atoms with van der Waals surface area (Å²) >= 11 is -1.87. The first kappa shape index (κ1) is 9.16. The molecule has 0 N–H and O–H groups in total. The maximum atomic E-state index is 10.4. The van der Waals surface area contributed by atoms with E-state index < -0.39 is 11.1 Å². The number of nitrogens with zero attached hydrogens (tertiary/aromatic N) is 1. The van der Waals surface area contributed by atoms with Crippen LogP contribution in [0.5, 0.6) is 0 Å². The van der Waals surface area contributed by atoms with Gasteiger partial charge in [-0.3, -0.25) is 9.11 Å². The molecule has 3 nitrogen and oxygen atoms in total. The highest BCUT2D eigenvalue weighted by molar-refractivity contribution is 7.79. The van der Waals surface area contributed by atoms with Gasteiger partial charge in [-0.25, -0.2) is 0 Å². The predicted molar refractivity (Wildman–Crippen MR) is 44.0 cm³/mol. The van der Waals surface area contributed by atoms with Gasteiger partial charge in [-0.15, -0.1) is 0 Å². The van der Waals surface area contributed by atoms with Gasteiger partial charge in [-0.05, 0) is 31.9 Å². The lowest BCUT2D eigenvalue weighted by Gasteiger charge is -2.48. The van der Waals surface area contributed by atoms with Crippen molar-refractivity contribution in [1.29, 1.82) is 0 Å². The Kier molecular flexibility index (Phi) is 2.37. The van der Waals surface area contributed by atoms with E-state index >= 15 is 0 Å².